The monoisotopic (exact) mass is 401 g/mol. The van der Waals surface area contributed by atoms with Gasteiger partial charge >= 0.3 is 0 Å². The molecular weight excluding hydrogens is 374 g/mol. The van der Waals surface area contributed by atoms with E-state index < -0.39 is 0 Å². The first-order valence-electron chi connectivity index (χ1n) is 9.90. The van der Waals surface area contributed by atoms with Gasteiger partial charge in [0.2, 0.25) is 0 Å². The van der Waals surface area contributed by atoms with Crippen molar-refractivity contribution < 1.29 is 9.53 Å². The van der Waals surface area contributed by atoms with Gasteiger partial charge in [-0.15, -0.1) is 0 Å². The van der Waals surface area contributed by atoms with Gasteiger partial charge in [-0.1, -0.05) is 12.1 Å². The lowest BCUT2D eigenvalue weighted by atomic mass is 10.1. The summed E-state index contributed by atoms with van der Waals surface area (Å²) in [7, 11) is 0. The largest absolute Gasteiger partial charge is 0.373 e. The molecule has 1 saturated carbocycles. The van der Waals surface area contributed by atoms with E-state index in [1.807, 2.05) is 28.8 Å². The van der Waals surface area contributed by atoms with Crippen molar-refractivity contribution in [3.8, 4) is 0 Å². The maximum Gasteiger partial charge on any atom is 0.251 e. The zero-order chi connectivity index (χ0) is 19.7. The molecule has 2 fully saturated rings. The highest BCUT2D eigenvalue weighted by molar-refractivity contribution is 7.71. The van der Waals surface area contributed by atoms with E-state index in [1.54, 1.807) is 0 Å². The molecule has 7 nitrogen and oxygen atoms in total. The first kappa shape index (κ1) is 19.3. The van der Waals surface area contributed by atoms with Crippen molar-refractivity contribution in [1.29, 1.82) is 0 Å². The first-order chi connectivity index (χ1) is 13.5. The van der Waals surface area contributed by atoms with Crippen molar-refractivity contribution in [3.63, 3.8) is 0 Å². The topological polar surface area (TPSA) is 75.2 Å². The third-order valence-corrected chi connectivity index (χ3v) is 5.50. The van der Waals surface area contributed by atoms with Gasteiger partial charge in [0.05, 0.1) is 18.8 Å². The standard InChI is InChI=1S/C20H27N5O2S/c1-13-10-24(11-14(2)27-13)12-15-3-5-16(6-4-15)19(26)21-9-18-22-23-20(28)25(18)17-7-8-17/h3-6,13-14,17H,7-12H2,1-2H3,(H,21,26)(H,23,28). The summed E-state index contributed by atoms with van der Waals surface area (Å²) >= 11 is 5.28. The minimum Gasteiger partial charge on any atom is -0.373 e. The Bertz CT molecular complexity index is 877. The molecule has 28 heavy (non-hydrogen) atoms. The number of amides is 1. The van der Waals surface area contributed by atoms with Crippen LogP contribution in [0.5, 0.6) is 0 Å². The van der Waals surface area contributed by atoms with Gasteiger partial charge in [0.15, 0.2) is 10.6 Å². The van der Waals surface area contributed by atoms with E-state index in [0.29, 0.717) is 22.9 Å². The van der Waals surface area contributed by atoms with Gasteiger partial charge in [0, 0.05) is 31.2 Å². The Kier molecular flexibility index (Phi) is 5.61. The minimum absolute atomic E-state index is 0.101. The number of H-pyrrole nitrogens is 1. The third kappa shape index (κ3) is 4.51. The number of carbonyl (C=O) groups excluding carboxylic acids is 1. The Morgan fingerprint density at radius 2 is 1.93 bits per heavy atom. The molecule has 0 bridgehead atoms. The number of aromatic amines is 1. The average molecular weight is 402 g/mol. The van der Waals surface area contributed by atoms with Crippen molar-refractivity contribution in [2.75, 3.05) is 13.1 Å². The van der Waals surface area contributed by atoms with E-state index in [2.05, 4.69) is 34.3 Å². The second kappa shape index (κ2) is 8.14. The van der Waals surface area contributed by atoms with Gasteiger partial charge in [-0.05, 0) is 56.6 Å². The molecule has 4 rings (SSSR count). The fraction of sp³-hybridized carbons (Fsp3) is 0.550. The lowest BCUT2D eigenvalue weighted by Crippen LogP contribution is -2.44. The minimum atomic E-state index is -0.101. The van der Waals surface area contributed by atoms with Gasteiger partial charge in [0.25, 0.3) is 5.91 Å². The Morgan fingerprint density at radius 1 is 1.25 bits per heavy atom. The summed E-state index contributed by atoms with van der Waals surface area (Å²) in [5.41, 5.74) is 1.85. The molecule has 2 unspecified atom stereocenters. The zero-order valence-corrected chi connectivity index (χ0v) is 17.2. The number of benzene rings is 1. The quantitative estimate of drug-likeness (QED) is 0.728. The molecule has 2 aliphatic rings. The van der Waals surface area contributed by atoms with Crippen LogP contribution >= 0.6 is 12.2 Å². The first-order valence-corrected chi connectivity index (χ1v) is 10.3. The van der Waals surface area contributed by atoms with Crippen LogP contribution in [0.15, 0.2) is 24.3 Å². The highest BCUT2D eigenvalue weighted by atomic mass is 32.1. The van der Waals surface area contributed by atoms with Crippen LogP contribution in [0.3, 0.4) is 0 Å². The predicted octanol–water partition coefficient (Wildman–Crippen LogP) is 2.81. The SMILES string of the molecule is CC1CN(Cc2ccc(C(=O)NCc3n[nH]c(=S)n3C3CC3)cc2)CC(C)O1. The maximum atomic E-state index is 12.5. The fourth-order valence-corrected chi connectivity index (χ4v) is 4.17. The molecule has 1 amide bonds. The van der Waals surface area contributed by atoms with Crippen molar-refractivity contribution >= 4 is 18.1 Å². The van der Waals surface area contributed by atoms with Crippen LogP contribution in [0.4, 0.5) is 0 Å². The Balaban J connectivity index is 1.33. The van der Waals surface area contributed by atoms with Gasteiger partial charge in [0.1, 0.15) is 0 Å². The molecular formula is C20H27N5O2S. The number of nitrogens with zero attached hydrogens (tertiary/aromatic N) is 3. The third-order valence-electron chi connectivity index (χ3n) is 5.21. The predicted molar refractivity (Wildman–Crippen MR) is 109 cm³/mol. The van der Waals surface area contributed by atoms with Crippen molar-refractivity contribution in [3.05, 3.63) is 46.0 Å². The summed E-state index contributed by atoms with van der Waals surface area (Å²) < 4.78 is 8.43. The molecule has 2 aromatic rings. The van der Waals surface area contributed by atoms with Crippen molar-refractivity contribution in [2.45, 2.75) is 58.0 Å². The molecule has 8 heteroatoms. The highest BCUT2D eigenvalue weighted by Gasteiger charge is 2.27. The highest BCUT2D eigenvalue weighted by Crippen LogP contribution is 2.35. The van der Waals surface area contributed by atoms with E-state index >= 15 is 0 Å². The molecule has 1 aliphatic carbocycles. The van der Waals surface area contributed by atoms with E-state index in [1.165, 1.54) is 5.56 Å². The van der Waals surface area contributed by atoms with Crippen LogP contribution in [0, 0.1) is 4.77 Å². The summed E-state index contributed by atoms with van der Waals surface area (Å²) in [4.78, 5) is 14.9. The number of morpholine rings is 1. The number of carbonyl (C=O) groups is 1. The van der Waals surface area contributed by atoms with Gasteiger partial charge < -0.3 is 10.1 Å². The van der Waals surface area contributed by atoms with Crippen molar-refractivity contribution in [2.24, 2.45) is 0 Å². The number of rotatable bonds is 6. The molecule has 2 N–H and O–H groups in total. The molecule has 1 aromatic carbocycles. The lowest BCUT2D eigenvalue weighted by molar-refractivity contribution is -0.0704. The summed E-state index contributed by atoms with van der Waals surface area (Å²) in [6, 6.07) is 8.26. The Morgan fingerprint density at radius 3 is 2.57 bits per heavy atom. The fourth-order valence-electron chi connectivity index (χ4n) is 3.87. The Labute approximate surface area is 170 Å². The number of hydrogen-bond acceptors (Lipinski definition) is 5. The van der Waals surface area contributed by atoms with Gasteiger partial charge in [-0.2, -0.15) is 5.10 Å². The summed E-state index contributed by atoms with van der Waals surface area (Å²) in [5, 5.41) is 10.0. The molecule has 2 atom stereocenters. The summed E-state index contributed by atoms with van der Waals surface area (Å²) in [5.74, 6) is 0.685. The number of nitrogens with one attached hydrogen (secondary N) is 2. The smallest absolute Gasteiger partial charge is 0.251 e. The number of ether oxygens (including phenoxy) is 1. The molecule has 1 aliphatic heterocycles. The van der Waals surface area contributed by atoms with E-state index in [0.717, 1.165) is 38.3 Å². The van der Waals surface area contributed by atoms with Crippen molar-refractivity contribution in [1.82, 2.24) is 25.0 Å². The van der Waals surface area contributed by atoms with Crippen LogP contribution in [0.2, 0.25) is 0 Å². The number of hydrogen-bond donors (Lipinski definition) is 2. The van der Waals surface area contributed by atoms with Crippen LogP contribution in [0.1, 0.15) is 54.5 Å². The van der Waals surface area contributed by atoms with Crippen LogP contribution < -0.4 is 5.32 Å². The second-order valence-electron chi connectivity index (χ2n) is 7.88. The van der Waals surface area contributed by atoms with Gasteiger partial charge in [-0.25, -0.2) is 0 Å². The molecule has 0 radical (unpaired) electrons. The summed E-state index contributed by atoms with van der Waals surface area (Å²) in [6.07, 6.45) is 2.75. The lowest BCUT2D eigenvalue weighted by Gasteiger charge is -2.35. The second-order valence-corrected chi connectivity index (χ2v) is 8.26. The summed E-state index contributed by atoms with van der Waals surface area (Å²) in [6.45, 7) is 7.32. The van der Waals surface area contributed by atoms with E-state index in [-0.39, 0.29) is 18.1 Å². The van der Waals surface area contributed by atoms with E-state index in [4.69, 9.17) is 17.0 Å². The maximum absolute atomic E-state index is 12.5. The Hall–Kier alpha value is -2.03. The normalized spacial score (nSPS) is 22.9. The zero-order valence-electron chi connectivity index (χ0n) is 16.4. The molecule has 2 heterocycles. The molecule has 0 spiro atoms. The molecule has 1 saturated heterocycles. The number of aromatic nitrogens is 3. The van der Waals surface area contributed by atoms with Crippen LogP contribution in [0.25, 0.3) is 0 Å². The van der Waals surface area contributed by atoms with E-state index in [9.17, 15) is 4.79 Å². The van der Waals surface area contributed by atoms with Gasteiger partial charge in [-0.3, -0.25) is 19.4 Å². The average Bonchev–Trinajstić information content (AvgIpc) is 3.42. The molecule has 1 aromatic heterocycles. The van der Waals surface area contributed by atoms with Crippen LogP contribution in [-0.2, 0) is 17.8 Å². The van der Waals surface area contributed by atoms with Crippen LogP contribution in [-0.4, -0.2) is 50.9 Å². The molecule has 150 valence electrons.